The number of carbonyl (C=O) groups is 1. The van der Waals surface area contributed by atoms with E-state index in [1.54, 1.807) is 27.9 Å². The lowest BCUT2D eigenvalue weighted by Crippen LogP contribution is -2.60. The van der Waals surface area contributed by atoms with Gasteiger partial charge in [-0.3, -0.25) is 0 Å². The second-order valence-corrected chi connectivity index (χ2v) is 7.10. The number of hydrogen-bond donors (Lipinski definition) is 0. The van der Waals surface area contributed by atoms with Crippen LogP contribution in [-0.2, 0) is 39.8 Å². The van der Waals surface area contributed by atoms with E-state index in [-0.39, 0.29) is 13.2 Å². The Morgan fingerprint density at radius 2 is 1.79 bits per heavy atom. The first-order chi connectivity index (χ1) is 13.4. The Morgan fingerprint density at radius 3 is 2.39 bits per heavy atom. The summed E-state index contributed by atoms with van der Waals surface area (Å²) in [5.41, 5.74) is 0.923. The normalized spacial score (nSPS) is 31.2. The largest absolute Gasteiger partial charge is 0.497 e. The standard InChI is InChI=1S/C20H28O8/c1-6-24-18(21)16-14(25-11-12-7-9-13(22-4)10-8-12)15-17(19(23-5)26-16)28-20(2,3)27-15/h7-10,14-17,19H,6,11H2,1-5H3/t14-,15-,16-,17-,19+/m1/s1. The molecule has 0 N–H and O–H groups in total. The second-order valence-electron chi connectivity index (χ2n) is 7.10. The number of rotatable bonds is 7. The van der Waals surface area contributed by atoms with E-state index in [0.717, 1.165) is 11.3 Å². The molecule has 0 aromatic heterocycles. The van der Waals surface area contributed by atoms with Crippen LogP contribution in [0.5, 0.6) is 5.75 Å². The van der Waals surface area contributed by atoms with E-state index >= 15 is 0 Å². The van der Waals surface area contributed by atoms with Crippen molar-refractivity contribution in [1.82, 2.24) is 0 Å². The molecule has 2 fully saturated rings. The van der Waals surface area contributed by atoms with Crippen LogP contribution in [0.2, 0.25) is 0 Å². The van der Waals surface area contributed by atoms with Gasteiger partial charge >= 0.3 is 5.97 Å². The van der Waals surface area contributed by atoms with Crippen molar-refractivity contribution in [2.24, 2.45) is 0 Å². The molecule has 0 bridgehead atoms. The van der Waals surface area contributed by atoms with Gasteiger partial charge in [-0.1, -0.05) is 12.1 Å². The molecular formula is C20H28O8. The van der Waals surface area contributed by atoms with Crippen molar-refractivity contribution < 1.29 is 38.0 Å². The van der Waals surface area contributed by atoms with Crippen molar-refractivity contribution in [1.29, 1.82) is 0 Å². The number of methoxy groups -OCH3 is 2. The Labute approximate surface area is 164 Å². The molecule has 8 heteroatoms. The summed E-state index contributed by atoms with van der Waals surface area (Å²) in [6, 6.07) is 7.49. The molecule has 5 atom stereocenters. The molecule has 2 aliphatic heterocycles. The summed E-state index contributed by atoms with van der Waals surface area (Å²) in [7, 11) is 3.11. The minimum absolute atomic E-state index is 0.235. The first-order valence-corrected chi connectivity index (χ1v) is 9.33. The predicted octanol–water partition coefficient (Wildman–Crippen LogP) is 2.03. The number of esters is 1. The highest BCUT2D eigenvalue weighted by atomic mass is 16.8. The minimum atomic E-state index is -0.984. The number of benzene rings is 1. The third kappa shape index (κ3) is 4.47. The zero-order chi connectivity index (χ0) is 20.3. The summed E-state index contributed by atoms with van der Waals surface area (Å²) in [4.78, 5) is 12.5. The van der Waals surface area contributed by atoms with Gasteiger partial charge in [0.05, 0.1) is 20.3 Å². The molecule has 2 saturated heterocycles. The SMILES string of the molecule is CCOC(=O)[C@@H]1O[C@H](OC)[C@@H]2OC(C)(C)O[C@@H]2[C@H]1OCc1ccc(OC)cc1. The first-order valence-electron chi connectivity index (χ1n) is 9.33. The summed E-state index contributed by atoms with van der Waals surface area (Å²) in [6.07, 6.45) is -3.52. The Hall–Kier alpha value is -1.71. The van der Waals surface area contributed by atoms with Crippen LogP contribution in [0.25, 0.3) is 0 Å². The third-order valence-electron chi connectivity index (χ3n) is 4.69. The Morgan fingerprint density at radius 1 is 1.11 bits per heavy atom. The van der Waals surface area contributed by atoms with E-state index in [1.165, 1.54) is 7.11 Å². The van der Waals surface area contributed by atoms with Gasteiger partial charge in [0, 0.05) is 7.11 Å². The fraction of sp³-hybridized carbons (Fsp3) is 0.650. The van der Waals surface area contributed by atoms with Gasteiger partial charge in [-0.25, -0.2) is 4.79 Å². The maximum atomic E-state index is 12.5. The van der Waals surface area contributed by atoms with Crippen LogP contribution in [0.15, 0.2) is 24.3 Å². The van der Waals surface area contributed by atoms with E-state index in [1.807, 2.05) is 24.3 Å². The Kier molecular flexibility index (Phi) is 6.57. The maximum Gasteiger partial charge on any atom is 0.338 e. The zero-order valence-corrected chi connectivity index (χ0v) is 16.9. The average molecular weight is 396 g/mol. The highest BCUT2D eigenvalue weighted by Gasteiger charge is 2.58. The lowest BCUT2D eigenvalue weighted by Gasteiger charge is -2.40. The van der Waals surface area contributed by atoms with Crippen molar-refractivity contribution in [3.8, 4) is 5.75 Å². The van der Waals surface area contributed by atoms with Crippen molar-refractivity contribution in [3.05, 3.63) is 29.8 Å². The smallest absolute Gasteiger partial charge is 0.338 e. The number of ether oxygens (including phenoxy) is 7. The molecule has 3 rings (SSSR count). The number of hydrogen-bond acceptors (Lipinski definition) is 8. The molecule has 0 unspecified atom stereocenters. The van der Waals surface area contributed by atoms with Crippen LogP contribution in [0, 0.1) is 0 Å². The van der Waals surface area contributed by atoms with E-state index in [2.05, 4.69) is 0 Å². The molecule has 0 aliphatic carbocycles. The van der Waals surface area contributed by atoms with Crippen molar-refractivity contribution in [2.45, 2.75) is 63.9 Å². The topological polar surface area (TPSA) is 81.7 Å². The van der Waals surface area contributed by atoms with E-state index in [0.29, 0.717) is 0 Å². The van der Waals surface area contributed by atoms with Gasteiger partial charge in [0.2, 0.25) is 0 Å². The molecule has 0 amide bonds. The Balaban J connectivity index is 1.80. The molecule has 28 heavy (non-hydrogen) atoms. The monoisotopic (exact) mass is 396 g/mol. The molecule has 8 nitrogen and oxygen atoms in total. The van der Waals surface area contributed by atoms with Crippen LogP contribution in [0.3, 0.4) is 0 Å². The van der Waals surface area contributed by atoms with Gasteiger partial charge in [0.1, 0.15) is 24.1 Å². The first kappa shape index (κ1) is 21.0. The van der Waals surface area contributed by atoms with Gasteiger partial charge in [0.15, 0.2) is 18.2 Å². The van der Waals surface area contributed by atoms with Crippen LogP contribution < -0.4 is 4.74 Å². The van der Waals surface area contributed by atoms with Crippen LogP contribution in [0.4, 0.5) is 0 Å². The molecule has 1 aromatic carbocycles. The van der Waals surface area contributed by atoms with Gasteiger partial charge in [-0.05, 0) is 38.5 Å². The minimum Gasteiger partial charge on any atom is -0.497 e. The van der Waals surface area contributed by atoms with Crippen LogP contribution >= 0.6 is 0 Å². The van der Waals surface area contributed by atoms with Crippen molar-refractivity contribution >= 4 is 5.97 Å². The molecule has 0 spiro atoms. The Bertz CT molecular complexity index is 659. The lowest BCUT2D eigenvalue weighted by atomic mass is 9.98. The maximum absolute atomic E-state index is 12.5. The van der Waals surface area contributed by atoms with E-state index in [9.17, 15) is 4.79 Å². The second kappa shape index (κ2) is 8.75. The number of fused-ring (bicyclic) bond motifs is 1. The molecular weight excluding hydrogens is 368 g/mol. The average Bonchev–Trinajstić information content (AvgIpc) is 3.01. The van der Waals surface area contributed by atoms with Gasteiger partial charge < -0.3 is 33.2 Å². The summed E-state index contributed by atoms with van der Waals surface area (Å²) < 4.78 is 39.7. The summed E-state index contributed by atoms with van der Waals surface area (Å²) in [5.74, 6) is -0.608. The highest BCUT2D eigenvalue weighted by molar-refractivity contribution is 5.75. The predicted molar refractivity (Wildman–Crippen MR) is 97.7 cm³/mol. The third-order valence-corrected chi connectivity index (χ3v) is 4.69. The quantitative estimate of drug-likeness (QED) is 0.648. The molecule has 2 aliphatic rings. The van der Waals surface area contributed by atoms with E-state index < -0.39 is 42.5 Å². The summed E-state index contributed by atoms with van der Waals surface area (Å²) in [6.45, 7) is 5.84. The molecule has 156 valence electrons. The van der Waals surface area contributed by atoms with Crippen molar-refractivity contribution in [3.63, 3.8) is 0 Å². The van der Waals surface area contributed by atoms with E-state index in [4.69, 9.17) is 33.2 Å². The van der Waals surface area contributed by atoms with Gasteiger partial charge in [-0.15, -0.1) is 0 Å². The number of carbonyl (C=O) groups excluding carboxylic acids is 1. The van der Waals surface area contributed by atoms with Crippen LogP contribution in [-0.4, -0.2) is 63.3 Å². The summed E-state index contributed by atoms with van der Waals surface area (Å²) in [5, 5.41) is 0. The summed E-state index contributed by atoms with van der Waals surface area (Å²) >= 11 is 0. The van der Waals surface area contributed by atoms with Crippen LogP contribution in [0.1, 0.15) is 26.3 Å². The molecule has 0 saturated carbocycles. The fourth-order valence-electron chi connectivity index (χ4n) is 3.45. The van der Waals surface area contributed by atoms with Crippen molar-refractivity contribution in [2.75, 3.05) is 20.8 Å². The fourth-order valence-corrected chi connectivity index (χ4v) is 3.45. The highest BCUT2D eigenvalue weighted by Crippen LogP contribution is 2.39. The van der Waals surface area contributed by atoms with Gasteiger partial charge in [-0.2, -0.15) is 0 Å². The lowest BCUT2D eigenvalue weighted by molar-refractivity contribution is -0.275. The molecule has 0 radical (unpaired) electrons. The van der Waals surface area contributed by atoms with Gasteiger partial charge in [0.25, 0.3) is 0 Å². The molecule has 2 heterocycles. The zero-order valence-electron chi connectivity index (χ0n) is 16.9. The molecule has 1 aromatic rings.